The number of amides is 1. The summed E-state index contributed by atoms with van der Waals surface area (Å²) in [6.07, 6.45) is -0.132. The summed E-state index contributed by atoms with van der Waals surface area (Å²) >= 11 is 0. The minimum Gasteiger partial charge on any atom is -0.481 e. The Bertz CT molecular complexity index is 702. The van der Waals surface area contributed by atoms with Crippen molar-refractivity contribution in [3.05, 3.63) is 35.4 Å². The normalized spacial score (nSPS) is 13.8. The van der Waals surface area contributed by atoms with Gasteiger partial charge in [0.25, 0.3) is 6.43 Å². The summed E-state index contributed by atoms with van der Waals surface area (Å²) in [7, 11) is 0. The van der Waals surface area contributed by atoms with Crippen LogP contribution in [-0.4, -0.2) is 30.4 Å². The number of carbonyl (C=O) groups excluding carboxylic acids is 1. The molecule has 3 nitrogen and oxygen atoms in total. The predicted octanol–water partition coefficient (Wildman–Crippen LogP) is 3.40. The Kier molecular flexibility index (Phi) is 8.60. The van der Waals surface area contributed by atoms with Crippen LogP contribution in [0, 0.1) is 29.6 Å². The molecule has 0 spiro atoms. The van der Waals surface area contributed by atoms with Gasteiger partial charge in [-0.15, -0.1) is 18.0 Å². The van der Waals surface area contributed by atoms with Crippen LogP contribution in [0.25, 0.3) is 5.70 Å². The Balaban J connectivity index is 0.00000312. The van der Waals surface area contributed by atoms with Gasteiger partial charge in [-0.05, 0) is 19.1 Å². The van der Waals surface area contributed by atoms with Crippen LogP contribution < -0.4 is 4.74 Å². The van der Waals surface area contributed by atoms with Crippen LogP contribution in [-0.2, 0) is 37.5 Å². The average molecular weight is 429 g/mol. The first-order valence-electron chi connectivity index (χ1n) is 7.15. The van der Waals surface area contributed by atoms with Gasteiger partial charge in [-0.2, -0.15) is 0 Å². The van der Waals surface area contributed by atoms with E-state index in [1.165, 1.54) is 0 Å². The third-order valence-electron chi connectivity index (χ3n) is 3.26. The fourth-order valence-corrected chi connectivity index (χ4v) is 2.25. The van der Waals surface area contributed by atoms with Crippen molar-refractivity contribution in [3.63, 3.8) is 0 Å². The maximum Gasteiger partial charge on any atom is 0.256 e. The van der Waals surface area contributed by atoms with Gasteiger partial charge >= 0.3 is 0 Å². The van der Waals surface area contributed by atoms with Gasteiger partial charge in [0.15, 0.2) is 0 Å². The van der Waals surface area contributed by atoms with E-state index in [-0.39, 0.29) is 63.6 Å². The van der Waals surface area contributed by atoms with Crippen molar-refractivity contribution >= 4 is 11.6 Å². The van der Waals surface area contributed by atoms with Gasteiger partial charge in [-0.1, -0.05) is 11.5 Å². The molecule has 0 bridgehead atoms. The molecule has 0 fully saturated rings. The number of carbonyl (C=O) groups is 1. The first-order chi connectivity index (χ1) is 11.4. The summed E-state index contributed by atoms with van der Waals surface area (Å²) in [5, 5.41) is 0. The summed E-state index contributed by atoms with van der Waals surface area (Å²) in [5.41, 5.74) is -0.876. The molecule has 131 valence electrons. The maximum absolute atomic E-state index is 14.3. The van der Waals surface area contributed by atoms with Gasteiger partial charge in [0.1, 0.15) is 12.4 Å². The first-order valence-corrected chi connectivity index (χ1v) is 7.15. The Morgan fingerprint density at radius 3 is 2.52 bits per heavy atom. The number of alkyl halides is 2. The van der Waals surface area contributed by atoms with Crippen molar-refractivity contribution in [2.45, 2.75) is 26.2 Å². The fourth-order valence-electron chi connectivity index (χ4n) is 2.25. The predicted molar refractivity (Wildman–Crippen MR) is 78.9 cm³/mol. The molecule has 1 heterocycles. The van der Waals surface area contributed by atoms with Crippen molar-refractivity contribution in [2.24, 2.45) is 0 Å². The zero-order valence-corrected chi connectivity index (χ0v) is 16.3. The first kappa shape index (κ1) is 21.7. The number of benzene rings is 1. The zero-order valence-electron chi connectivity index (χ0n) is 13.4. The van der Waals surface area contributed by atoms with E-state index < -0.39 is 36.1 Å². The van der Waals surface area contributed by atoms with Crippen molar-refractivity contribution in [2.75, 3.05) is 13.2 Å². The summed E-state index contributed by atoms with van der Waals surface area (Å²) in [6, 6.07) is 1.84. The Labute approximate surface area is 168 Å². The second kappa shape index (κ2) is 9.93. The molecule has 0 aliphatic carbocycles. The smallest absolute Gasteiger partial charge is 0.256 e. The van der Waals surface area contributed by atoms with Gasteiger partial charge in [0.05, 0.1) is 18.2 Å². The van der Waals surface area contributed by atoms with E-state index in [9.17, 15) is 22.4 Å². The largest absolute Gasteiger partial charge is 0.481 e. The summed E-state index contributed by atoms with van der Waals surface area (Å²) in [4.78, 5) is 12.5. The van der Waals surface area contributed by atoms with Crippen molar-refractivity contribution in [1.29, 1.82) is 0 Å². The number of hydrogen-bond acceptors (Lipinski definition) is 2. The van der Waals surface area contributed by atoms with E-state index >= 15 is 0 Å². The van der Waals surface area contributed by atoms with E-state index in [0.29, 0.717) is 4.90 Å². The van der Waals surface area contributed by atoms with Crippen molar-refractivity contribution in [3.8, 4) is 17.6 Å². The zero-order chi connectivity index (χ0) is 17.7. The van der Waals surface area contributed by atoms with Crippen LogP contribution in [0.5, 0.6) is 5.75 Å². The van der Waals surface area contributed by atoms with Crippen LogP contribution in [0.3, 0.4) is 0 Å². The minimum atomic E-state index is -2.83. The summed E-state index contributed by atoms with van der Waals surface area (Å²) < 4.78 is 59.0. The van der Waals surface area contributed by atoms with Crippen LogP contribution in [0.4, 0.5) is 17.6 Å². The second-order valence-corrected chi connectivity index (χ2v) is 4.90. The quantitative estimate of drug-likeness (QED) is 0.408. The molecule has 25 heavy (non-hydrogen) atoms. The standard InChI is InChI=1S/C17H14F4NO2.Y/c1-2-3-7-24-11-8-12(18)17(13(19)9-11)14-5-4-6-16(23)22(14)10-15(20)21;/h8-9,15H,4,6-7,10H2,1H3;/q-1;. The van der Waals surface area contributed by atoms with E-state index in [4.69, 9.17) is 4.74 Å². The summed E-state index contributed by atoms with van der Waals surface area (Å²) in [6.45, 7) is 0.609. The minimum absolute atomic E-state index is 0. The Hall–Kier alpha value is -1.39. The maximum atomic E-state index is 14.3. The number of hydrogen-bond donors (Lipinski definition) is 0. The molecule has 0 unspecified atom stereocenters. The Morgan fingerprint density at radius 2 is 1.96 bits per heavy atom. The van der Waals surface area contributed by atoms with Gasteiger partial charge in [0, 0.05) is 39.1 Å². The van der Waals surface area contributed by atoms with Crippen LogP contribution in [0.2, 0.25) is 0 Å². The van der Waals surface area contributed by atoms with Crippen LogP contribution in [0.1, 0.15) is 25.3 Å². The molecule has 1 amide bonds. The Morgan fingerprint density at radius 1 is 1.32 bits per heavy atom. The second-order valence-electron chi connectivity index (χ2n) is 4.90. The molecule has 1 radical (unpaired) electrons. The fraction of sp³-hybridized carbons (Fsp3) is 0.353. The third kappa shape index (κ3) is 5.55. The molecule has 2 rings (SSSR count). The molecule has 1 aliphatic heterocycles. The molecule has 1 aliphatic rings. The molecule has 0 atom stereocenters. The van der Waals surface area contributed by atoms with E-state index in [2.05, 4.69) is 17.9 Å². The van der Waals surface area contributed by atoms with E-state index in [0.717, 1.165) is 12.1 Å². The number of ether oxygens (including phenoxy) is 1. The molecule has 0 saturated heterocycles. The SMILES string of the molecule is CC#CCOc1cc(F)c(C2=[C-]CCC(=O)N2CC(F)F)c(F)c1.[Y]. The molecular formula is C17H14F4NO2Y-. The van der Waals surface area contributed by atoms with Gasteiger partial charge in [-0.3, -0.25) is 4.79 Å². The number of rotatable bonds is 5. The van der Waals surface area contributed by atoms with Crippen molar-refractivity contribution in [1.82, 2.24) is 4.90 Å². The molecule has 0 N–H and O–H groups in total. The average Bonchev–Trinajstić information content (AvgIpc) is 2.50. The third-order valence-corrected chi connectivity index (χ3v) is 3.26. The number of allylic oxidation sites excluding steroid dienone is 1. The number of halogens is 4. The van der Waals surface area contributed by atoms with Gasteiger partial charge < -0.3 is 9.64 Å². The van der Waals surface area contributed by atoms with Crippen LogP contribution >= 0.6 is 0 Å². The molecule has 8 heteroatoms. The molecule has 0 saturated carbocycles. The van der Waals surface area contributed by atoms with Gasteiger partial charge in [0.2, 0.25) is 5.91 Å². The molecular weight excluding hydrogens is 415 g/mol. The van der Waals surface area contributed by atoms with Gasteiger partial charge in [-0.25, -0.2) is 23.6 Å². The number of nitrogens with zero attached hydrogens (tertiary/aromatic N) is 1. The molecule has 0 aromatic heterocycles. The van der Waals surface area contributed by atoms with Crippen molar-refractivity contribution < 1.29 is 59.8 Å². The van der Waals surface area contributed by atoms with Crippen LogP contribution in [0.15, 0.2) is 12.1 Å². The summed E-state index contributed by atoms with van der Waals surface area (Å²) in [5.74, 6) is 2.39. The monoisotopic (exact) mass is 429 g/mol. The van der Waals surface area contributed by atoms with E-state index in [1.54, 1.807) is 6.92 Å². The molecule has 1 aromatic rings. The molecule has 1 aromatic carbocycles. The van der Waals surface area contributed by atoms with E-state index in [1.807, 2.05) is 0 Å². The topological polar surface area (TPSA) is 29.5 Å².